The lowest BCUT2D eigenvalue weighted by Crippen LogP contribution is -2.23. The molecule has 0 saturated heterocycles. The van der Waals surface area contributed by atoms with Crippen LogP contribution in [0.5, 0.6) is 0 Å². The van der Waals surface area contributed by atoms with Gasteiger partial charge in [-0.25, -0.2) is 0 Å². The second-order valence-electron chi connectivity index (χ2n) is 6.11. The zero-order valence-corrected chi connectivity index (χ0v) is 15.2. The summed E-state index contributed by atoms with van der Waals surface area (Å²) < 4.78 is 2.12. The number of aromatic nitrogens is 1. The number of carbonyl (C=O) groups excluding carboxylic acids is 1. The number of aryl methyl sites for hydroxylation is 1. The minimum atomic E-state index is 0.101. The first-order valence-electron chi connectivity index (χ1n) is 8.29. The number of nitrogens with one attached hydrogen (secondary N) is 1. The van der Waals surface area contributed by atoms with Crippen LogP contribution < -0.4 is 5.32 Å². The zero-order chi connectivity index (χ0) is 17.8. The molecule has 25 heavy (non-hydrogen) atoms. The standard InChI is InChI=1S/C21H21ClN2O/c1-15-12-20(16(2)24(15)19-6-4-3-5-7-19)21(25)14-23-13-17-8-10-18(22)11-9-17/h3-12,23H,13-14H2,1-2H3. The maximum Gasteiger partial charge on any atom is 0.178 e. The van der Waals surface area contributed by atoms with Crippen molar-refractivity contribution in [1.82, 2.24) is 9.88 Å². The maximum absolute atomic E-state index is 12.6. The van der Waals surface area contributed by atoms with E-state index < -0.39 is 0 Å². The molecule has 0 bridgehead atoms. The van der Waals surface area contributed by atoms with Crippen molar-refractivity contribution in [3.05, 3.63) is 88.2 Å². The van der Waals surface area contributed by atoms with Crippen molar-refractivity contribution in [2.45, 2.75) is 20.4 Å². The van der Waals surface area contributed by atoms with Crippen molar-refractivity contribution < 1.29 is 4.79 Å². The van der Waals surface area contributed by atoms with Gasteiger partial charge in [-0.3, -0.25) is 4.79 Å². The smallest absolute Gasteiger partial charge is 0.178 e. The molecule has 0 fully saturated rings. The third-order valence-electron chi connectivity index (χ3n) is 4.27. The van der Waals surface area contributed by atoms with Gasteiger partial charge in [-0.1, -0.05) is 41.9 Å². The molecule has 0 aliphatic heterocycles. The van der Waals surface area contributed by atoms with Crippen LogP contribution >= 0.6 is 11.6 Å². The molecule has 2 aromatic carbocycles. The van der Waals surface area contributed by atoms with Crippen LogP contribution in [0, 0.1) is 13.8 Å². The molecular weight excluding hydrogens is 332 g/mol. The summed E-state index contributed by atoms with van der Waals surface area (Å²) in [6.45, 7) is 4.96. The number of para-hydroxylation sites is 1. The molecule has 0 aliphatic rings. The number of rotatable bonds is 6. The highest BCUT2D eigenvalue weighted by molar-refractivity contribution is 6.30. The van der Waals surface area contributed by atoms with Crippen LogP contribution in [0.2, 0.25) is 5.02 Å². The van der Waals surface area contributed by atoms with E-state index in [0.717, 1.165) is 28.2 Å². The molecule has 1 heterocycles. The normalized spacial score (nSPS) is 10.8. The summed E-state index contributed by atoms with van der Waals surface area (Å²) in [5.74, 6) is 0.101. The fourth-order valence-electron chi connectivity index (χ4n) is 3.04. The van der Waals surface area contributed by atoms with Gasteiger partial charge in [0.15, 0.2) is 5.78 Å². The molecule has 0 atom stereocenters. The second kappa shape index (κ2) is 7.68. The van der Waals surface area contributed by atoms with Crippen molar-refractivity contribution in [1.29, 1.82) is 0 Å². The van der Waals surface area contributed by atoms with Gasteiger partial charge in [-0.2, -0.15) is 0 Å². The minimum absolute atomic E-state index is 0.101. The predicted molar refractivity (Wildman–Crippen MR) is 103 cm³/mol. The van der Waals surface area contributed by atoms with E-state index in [1.807, 2.05) is 74.5 Å². The Hall–Kier alpha value is -2.36. The first-order valence-corrected chi connectivity index (χ1v) is 8.67. The van der Waals surface area contributed by atoms with Crippen molar-refractivity contribution in [3.8, 4) is 5.69 Å². The van der Waals surface area contributed by atoms with Gasteiger partial charge >= 0.3 is 0 Å². The summed E-state index contributed by atoms with van der Waals surface area (Å²) in [6, 6.07) is 19.7. The molecule has 0 radical (unpaired) electrons. The van der Waals surface area contributed by atoms with E-state index >= 15 is 0 Å². The third-order valence-corrected chi connectivity index (χ3v) is 4.53. The molecule has 1 N–H and O–H groups in total. The number of nitrogens with zero attached hydrogens (tertiary/aromatic N) is 1. The highest BCUT2D eigenvalue weighted by Gasteiger charge is 2.16. The molecule has 4 heteroatoms. The number of hydrogen-bond donors (Lipinski definition) is 1. The molecule has 0 spiro atoms. The predicted octanol–water partition coefficient (Wildman–Crippen LogP) is 4.72. The van der Waals surface area contributed by atoms with Crippen molar-refractivity contribution in [3.63, 3.8) is 0 Å². The Labute approximate surface area is 153 Å². The molecule has 0 unspecified atom stereocenters. The van der Waals surface area contributed by atoms with Crippen molar-refractivity contribution in [2.24, 2.45) is 0 Å². The highest BCUT2D eigenvalue weighted by atomic mass is 35.5. The molecule has 3 nitrogen and oxygen atoms in total. The van der Waals surface area contributed by atoms with E-state index in [0.29, 0.717) is 18.1 Å². The van der Waals surface area contributed by atoms with Gasteiger partial charge in [0.2, 0.25) is 0 Å². The molecular formula is C21H21ClN2O. The SMILES string of the molecule is Cc1cc(C(=O)CNCc2ccc(Cl)cc2)c(C)n1-c1ccccc1. The fraction of sp³-hybridized carbons (Fsp3) is 0.190. The molecule has 0 amide bonds. The molecule has 0 saturated carbocycles. The van der Waals surface area contributed by atoms with Crippen LogP contribution in [0.1, 0.15) is 27.3 Å². The number of Topliss-reactive ketones (excluding diaryl/α,β-unsaturated/α-hetero) is 1. The lowest BCUT2D eigenvalue weighted by Gasteiger charge is -2.10. The van der Waals surface area contributed by atoms with Crippen LogP contribution in [-0.2, 0) is 6.54 Å². The lowest BCUT2D eigenvalue weighted by atomic mass is 10.1. The van der Waals surface area contributed by atoms with E-state index in [2.05, 4.69) is 9.88 Å². The molecule has 3 rings (SSSR count). The van der Waals surface area contributed by atoms with E-state index in [4.69, 9.17) is 11.6 Å². The number of carbonyl (C=O) groups is 1. The number of hydrogen-bond acceptors (Lipinski definition) is 2. The van der Waals surface area contributed by atoms with Crippen LogP contribution in [0.15, 0.2) is 60.7 Å². The van der Waals surface area contributed by atoms with Gasteiger partial charge in [0.05, 0.1) is 6.54 Å². The Bertz CT molecular complexity index is 867. The Kier molecular flexibility index (Phi) is 5.37. The van der Waals surface area contributed by atoms with E-state index in [1.54, 1.807) is 0 Å². The average Bonchev–Trinajstić information content (AvgIpc) is 2.92. The zero-order valence-electron chi connectivity index (χ0n) is 14.4. The summed E-state index contributed by atoms with van der Waals surface area (Å²) in [7, 11) is 0. The average molecular weight is 353 g/mol. The monoisotopic (exact) mass is 352 g/mol. The van der Waals surface area contributed by atoms with Gasteiger partial charge in [0.25, 0.3) is 0 Å². The van der Waals surface area contributed by atoms with Crippen molar-refractivity contribution >= 4 is 17.4 Å². The van der Waals surface area contributed by atoms with Gasteiger partial charge in [0.1, 0.15) is 0 Å². The first-order chi connectivity index (χ1) is 12.1. The highest BCUT2D eigenvalue weighted by Crippen LogP contribution is 2.21. The molecule has 128 valence electrons. The van der Waals surface area contributed by atoms with E-state index in [-0.39, 0.29) is 5.78 Å². The number of halogens is 1. The Morgan fingerprint density at radius 2 is 1.72 bits per heavy atom. The molecule has 3 aromatic rings. The second-order valence-corrected chi connectivity index (χ2v) is 6.55. The van der Waals surface area contributed by atoms with Crippen LogP contribution in [0.3, 0.4) is 0 Å². The number of ketones is 1. The van der Waals surface area contributed by atoms with Gasteiger partial charge < -0.3 is 9.88 Å². The maximum atomic E-state index is 12.6. The van der Waals surface area contributed by atoms with Crippen LogP contribution in [0.4, 0.5) is 0 Å². The summed E-state index contributed by atoms with van der Waals surface area (Å²) in [6.07, 6.45) is 0. The molecule has 0 aliphatic carbocycles. The Balaban J connectivity index is 1.69. The van der Waals surface area contributed by atoms with Crippen LogP contribution in [0.25, 0.3) is 5.69 Å². The van der Waals surface area contributed by atoms with E-state index in [9.17, 15) is 4.79 Å². The largest absolute Gasteiger partial charge is 0.318 e. The molecule has 1 aromatic heterocycles. The fourth-order valence-corrected chi connectivity index (χ4v) is 3.16. The minimum Gasteiger partial charge on any atom is -0.318 e. The summed E-state index contributed by atoms with van der Waals surface area (Å²) in [4.78, 5) is 12.6. The quantitative estimate of drug-likeness (QED) is 0.651. The van der Waals surface area contributed by atoms with Crippen LogP contribution in [-0.4, -0.2) is 16.9 Å². The summed E-state index contributed by atoms with van der Waals surface area (Å²) in [5.41, 5.74) is 4.98. The topological polar surface area (TPSA) is 34.0 Å². The Morgan fingerprint density at radius 1 is 1.04 bits per heavy atom. The Morgan fingerprint density at radius 3 is 2.40 bits per heavy atom. The summed E-state index contributed by atoms with van der Waals surface area (Å²) >= 11 is 5.88. The van der Waals surface area contributed by atoms with Gasteiger partial charge in [-0.05, 0) is 49.7 Å². The van der Waals surface area contributed by atoms with Crippen molar-refractivity contribution in [2.75, 3.05) is 6.54 Å². The van der Waals surface area contributed by atoms with E-state index in [1.165, 1.54) is 0 Å². The third kappa shape index (κ3) is 4.01. The van der Waals surface area contributed by atoms with Gasteiger partial charge in [0, 0.05) is 34.2 Å². The summed E-state index contributed by atoms with van der Waals surface area (Å²) in [5, 5.41) is 3.93. The first kappa shape index (κ1) is 17.5. The van der Waals surface area contributed by atoms with Gasteiger partial charge in [-0.15, -0.1) is 0 Å². The lowest BCUT2D eigenvalue weighted by molar-refractivity contribution is 0.0990. The number of benzene rings is 2.